The SMILES string of the molecule is O=C(Nc1ccccc1)Nc1ccc(C(=O)N2CCN(S(=O)(=O)N3CCCCCC3)CC2)cc1. The van der Waals surface area contributed by atoms with Crippen molar-refractivity contribution in [2.45, 2.75) is 25.7 Å². The average Bonchev–Trinajstić information content (AvgIpc) is 3.15. The number of carbonyl (C=O) groups is 2. The smallest absolute Gasteiger partial charge is 0.323 e. The molecule has 9 nitrogen and oxygen atoms in total. The van der Waals surface area contributed by atoms with Gasteiger partial charge in [-0.2, -0.15) is 17.0 Å². The number of hydrogen-bond donors (Lipinski definition) is 2. The second-order valence-electron chi connectivity index (χ2n) is 8.53. The van der Waals surface area contributed by atoms with Crippen LogP contribution in [0.3, 0.4) is 0 Å². The standard InChI is InChI=1S/C24H31N5O4S/c30-23(20-10-12-22(13-11-20)26-24(31)25-21-8-4-3-5-9-21)27-16-18-29(19-17-27)34(32,33)28-14-6-1-2-7-15-28/h3-5,8-13H,1-2,6-7,14-19H2,(H2,25,26,31). The fourth-order valence-electron chi connectivity index (χ4n) is 4.25. The van der Waals surface area contributed by atoms with Crippen molar-refractivity contribution >= 4 is 33.5 Å². The summed E-state index contributed by atoms with van der Waals surface area (Å²) < 4.78 is 29.1. The quantitative estimate of drug-likeness (QED) is 0.679. The van der Waals surface area contributed by atoms with E-state index in [1.807, 2.05) is 18.2 Å². The highest BCUT2D eigenvalue weighted by molar-refractivity contribution is 7.86. The van der Waals surface area contributed by atoms with Crippen molar-refractivity contribution in [1.82, 2.24) is 13.5 Å². The van der Waals surface area contributed by atoms with Gasteiger partial charge in [-0.1, -0.05) is 31.0 Å². The van der Waals surface area contributed by atoms with Gasteiger partial charge in [-0.05, 0) is 49.2 Å². The lowest BCUT2D eigenvalue weighted by atomic mass is 10.1. The summed E-state index contributed by atoms with van der Waals surface area (Å²) in [6, 6.07) is 15.4. The van der Waals surface area contributed by atoms with Gasteiger partial charge in [0.15, 0.2) is 0 Å². The minimum Gasteiger partial charge on any atom is -0.336 e. The van der Waals surface area contributed by atoms with Crippen LogP contribution in [0.25, 0.3) is 0 Å². The molecule has 0 aromatic heterocycles. The zero-order chi connectivity index (χ0) is 24.0. The zero-order valence-electron chi connectivity index (χ0n) is 19.2. The Balaban J connectivity index is 1.29. The zero-order valence-corrected chi connectivity index (χ0v) is 20.0. The molecule has 2 heterocycles. The van der Waals surface area contributed by atoms with Gasteiger partial charge in [0.1, 0.15) is 0 Å². The van der Waals surface area contributed by atoms with Crippen LogP contribution in [0.5, 0.6) is 0 Å². The second kappa shape index (κ2) is 11.0. The second-order valence-corrected chi connectivity index (χ2v) is 10.5. The van der Waals surface area contributed by atoms with Gasteiger partial charge < -0.3 is 15.5 Å². The van der Waals surface area contributed by atoms with E-state index in [4.69, 9.17) is 0 Å². The van der Waals surface area contributed by atoms with E-state index in [0.717, 1.165) is 25.7 Å². The van der Waals surface area contributed by atoms with Gasteiger partial charge in [0.2, 0.25) is 0 Å². The highest BCUT2D eigenvalue weighted by Crippen LogP contribution is 2.19. The van der Waals surface area contributed by atoms with Gasteiger partial charge in [0.25, 0.3) is 16.1 Å². The van der Waals surface area contributed by atoms with E-state index in [0.29, 0.717) is 56.2 Å². The summed E-state index contributed by atoms with van der Waals surface area (Å²) in [6.45, 7) is 2.45. The van der Waals surface area contributed by atoms with Crippen molar-refractivity contribution < 1.29 is 18.0 Å². The van der Waals surface area contributed by atoms with Gasteiger partial charge in [0.05, 0.1) is 0 Å². The molecule has 10 heteroatoms. The molecule has 3 amide bonds. The average molecular weight is 486 g/mol. The fourth-order valence-corrected chi connectivity index (χ4v) is 5.92. The lowest BCUT2D eigenvalue weighted by Crippen LogP contribution is -2.54. The van der Waals surface area contributed by atoms with Crippen LogP contribution in [0.2, 0.25) is 0 Å². The van der Waals surface area contributed by atoms with Crippen LogP contribution >= 0.6 is 0 Å². The molecule has 2 N–H and O–H groups in total. The van der Waals surface area contributed by atoms with E-state index in [-0.39, 0.29) is 11.9 Å². The van der Waals surface area contributed by atoms with Crippen molar-refractivity contribution in [2.24, 2.45) is 0 Å². The molecule has 4 rings (SSSR count). The molecule has 2 aromatic rings. The number of piperazine rings is 1. The van der Waals surface area contributed by atoms with Crippen molar-refractivity contribution in [3.05, 3.63) is 60.2 Å². The lowest BCUT2D eigenvalue weighted by Gasteiger charge is -2.36. The first-order valence-corrected chi connectivity index (χ1v) is 13.1. The molecule has 2 aromatic carbocycles. The third kappa shape index (κ3) is 5.94. The monoisotopic (exact) mass is 485 g/mol. The van der Waals surface area contributed by atoms with E-state index in [1.54, 1.807) is 45.6 Å². The van der Waals surface area contributed by atoms with Crippen LogP contribution in [-0.4, -0.2) is 73.1 Å². The molecule has 34 heavy (non-hydrogen) atoms. The molecular weight excluding hydrogens is 454 g/mol. The predicted molar refractivity (Wildman–Crippen MR) is 132 cm³/mol. The van der Waals surface area contributed by atoms with Crippen LogP contribution in [0.4, 0.5) is 16.2 Å². The Morgan fingerprint density at radius 1 is 0.647 bits per heavy atom. The van der Waals surface area contributed by atoms with Crippen LogP contribution in [0.1, 0.15) is 36.0 Å². The van der Waals surface area contributed by atoms with E-state index in [1.165, 1.54) is 4.31 Å². The molecule has 0 saturated carbocycles. The Hall–Kier alpha value is -2.95. The van der Waals surface area contributed by atoms with Crippen LogP contribution < -0.4 is 10.6 Å². The first kappa shape index (κ1) is 24.2. The van der Waals surface area contributed by atoms with Crippen molar-refractivity contribution in [1.29, 1.82) is 0 Å². The predicted octanol–water partition coefficient (Wildman–Crippen LogP) is 3.21. The number of rotatable bonds is 5. The van der Waals surface area contributed by atoms with Gasteiger partial charge >= 0.3 is 6.03 Å². The number of urea groups is 1. The summed E-state index contributed by atoms with van der Waals surface area (Å²) in [4.78, 5) is 26.7. The molecule has 0 radical (unpaired) electrons. The molecule has 182 valence electrons. The Labute approximate surface area is 200 Å². The maximum absolute atomic E-state index is 13.0. The maximum atomic E-state index is 13.0. The van der Waals surface area contributed by atoms with Crippen molar-refractivity contribution in [3.8, 4) is 0 Å². The van der Waals surface area contributed by atoms with E-state index < -0.39 is 10.2 Å². The molecule has 0 aliphatic carbocycles. The minimum absolute atomic E-state index is 0.146. The number of amides is 3. The molecule has 0 bridgehead atoms. The van der Waals surface area contributed by atoms with E-state index in [2.05, 4.69) is 10.6 Å². The minimum atomic E-state index is -3.48. The fraction of sp³-hybridized carbons (Fsp3) is 0.417. The summed E-state index contributed by atoms with van der Waals surface area (Å²) in [5.74, 6) is -0.146. The molecule has 2 aliphatic rings. The molecular formula is C24H31N5O4S. The summed E-state index contributed by atoms with van der Waals surface area (Å²) in [5.41, 5.74) is 1.75. The topological polar surface area (TPSA) is 102 Å². The molecule has 2 fully saturated rings. The van der Waals surface area contributed by atoms with Gasteiger partial charge in [0, 0.05) is 56.2 Å². The molecule has 0 atom stereocenters. The van der Waals surface area contributed by atoms with E-state index >= 15 is 0 Å². The first-order valence-electron chi connectivity index (χ1n) is 11.7. The highest BCUT2D eigenvalue weighted by atomic mass is 32.2. The third-order valence-corrected chi connectivity index (χ3v) is 8.20. The Bertz CT molecular complexity index is 1080. The van der Waals surface area contributed by atoms with Crippen LogP contribution in [-0.2, 0) is 10.2 Å². The van der Waals surface area contributed by atoms with Crippen LogP contribution in [0, 0.1) is 0 Å². The van der Waals surface area contributed by atoms with Gasteiger partial charge in [-0.3, -0.25) is 4.79 Å². The Kier molecular flexibility index (Phi) is 7.81. The summed E-state index contributed by atoms with van der Waals surface area (Å²) in [5, 5.41) is 5.48. The number of benzene rings is 2. The third-order valence-electron chi connectivity index (χ3n) is 6.16. The van der Waals surface area contributed by atoms with Crippen molar-refractivity contribution in [3.63, 3.8) is 0 Å². The number of nitrogens with zero attached hydrogens (tertiary/aromatic N) is 3. The summed E-state index contributed by atoms with van der Waals surface area (Å²) >= 11 is 0. The highest BCUT2D eigenvalue weighted by Gasteiger charge is 2.33. The molecule has 2 aliphatic heterocycles. The normalized spacial score (nSPS) is 18.2. The molecule has 0 spiro atoms. The van der Waals surface area contributed by atoms with Crippen molar-refractivity contribution in [2.75, 3.05) is 49.9 Å². The van der Waals surface area contributed by atoms with E-state index in [9.17, 15) is 18.0 Å². The number of nitrogens with one attached hydrogen (secondary N) is 2. The van der Waals surface area contributed by atoms with Gasteiger partial charge in [-0.15, -0.1) is 0 Å². The van der Waals surface area contributed by atoms with Gasteiger partial charge in [-0.25, -0.2) is 4.79 Å². The summed E-state index contributed by atoms with van der Waals surface area (Å²) in [7, 11) is -3.48. The first-order chi connectivity index (χ1) is 16.4. The maximum Gasteiger partial charge on any atom is 0.323 e. The number of para-hydroxylation sites is 1. The molecule has 0 unspecified atom stereocenters. The number of anilines is 2. The Morgan fingerprint density at radius 2 is 1.18 bits per heavy atom. The largest absolute Gasteiger partial charge is 0.336 e. The lowest BCUT2D eigenvalue weighted by molar-refractivity contribution is 0.0694. The summed E-state index contributed by atoms with van der Waals surface area (Å²) in [6.07, 6.45) is 3.94. The number of hydrogen-bond acceptors (Lipinski definition) is 4. The van der Waals surface area contributed by atoms with Crippen LogP contribution in [0.15, 0.2) is 54.6 Å². The molecule has 2 saturated heterocycles. The number of carbonyl (C=O) groups excluding carboxylic acids is 2. The Morgan fingerprint density at radius 3 is 1.76 bits per heavy atom.